The second-order valence-electron chi connectivity index (χ2n) is 3.62. The summed E-state index contributed by atoms with van der Waals surface area (Å²) in [4.78, 5) is 23.0. The van der Waals surface area contributed by atoms with Gasteiger partial charge in [-0.2, -0.15) is 0 Å². The van der Waals surface area contributed by atoms with Gasteiger partial charge in [0, 0.05) is 7.11 Å². The topological polar surface area (TPSA) is 72.8 Å². The van der Waals surface area contributed by atoms with Gasteiger partial charge in [-0.15, -0.1) is 0 Å². The second kappa shape index (κ2) is 3.75. The van der Waals surface area contributed by atoms with Crippen LogP contribution in [0.25, 0.3) is 0 Å². The maximum Gasteiger partial charge on any atom is 0.341 e. The Kier molecular flexibility index (Phi) is 2.97. The van der Waals surface area contributed by atoms with Crippen LogP contribution in [0.5, 0.6) is 0 Å². The molecule has 2 atom stereocenters. The molecule has 1 rings (SSSR count). The lowest BCUT2D eigenvalue weighted by molar-refractivity contribution is -0.140. The van der Waals surface area contributed by atoms with Crippen LogP contribution >= 0.6 is 0 Å². The van der Waals surface area contributed by atoms with Crippen molar-refractivity contribution in [1.29, 1.82) is 0 Å². The van der Waals surface area contributed by atoms with Crippen molar-refractivity contribution in [2.45, 2.75) is 25.6 Å². The number of aliphatic hydroxyl groups is 1. The molecule has 5 nitrogen and oxygen atoms in total. The number of ketones is 1. The van der Waals surface area contributed by atoms with Crippen LogP contribution < -0.4 is 0 Å². The fraction of sp³-hybridized carbons (Fsp3) is 0.600. The molecule has 0 saturated heterocycles. The van der Waals surface area contributed by atoms with Gasteiger partial charge in [0.2, 0.25) is 5.78 Å². The number of methoxy groups -OCH3 is 2. The molecule has 0 heterocycles. The Balaban J connectivity index is 3.22. The fourth-order valence-electron chi connectivity index (χ4n) is 1.71. The number of hydrogen-bond acceptors (Lipinski definition) is 5. The minimum Gasteiger partial charge on any atom is -0.465 e. The molecular formula is C10H14O5. The zero-order valence-electron chi connectivity index (χ0n) is 9.16. The first kappa shape index (κ1) is 11.9. The van der Waals surface area contributed by atoms with Gasteiger partial charge in [-0.3, -0.25) is 4.79 Å². The lowest BCUT2D eigenvalue weighted by Crippen LogP contribution is -2.41. The van der Waals surface area contributed by atoms with Crippen LogP contribution in [0.3, 0.4) is 0 Å². The predicted octanol–water partition coefficient (Wildman–Crippen LogP) is -0.175. The molecule has 0 fully saturated rings. The van der Waals surface area contributed by atoms with E-state index in [4.69, 9.17) is 4.74 Å². The van der Waals surface area contributed by atoms with Crippen LogP contribution in [0.15, 0.2) is 11.1 Å². The van der Waals surface area contributed by atoms with E-state index in [9.17, 15) is 14.7 Å². The predicted molar refractivity (Wildman–Crippen MR) is 51.1 cm³/mol. The Labute approximate surface area is 87.7 Å². The highest BCUT2D eigenvalue weighted by molar-refractivity contribution is 6.22. The first-order valence-corrected chi connectivity index (χ1v) is 4.47. The van der Waals surface area contributed by atoms with E-state index in [0.717, 1.165) is 0 Å². The van der Waals surface area contributed by atoms with Crippen molar-refractivity contribution >= 4 is 11.8 Å². The van der Waals surface area contributed by atoms with Gasteiger partial charge < -0.3 is 14.6 Å². The van der Waals surface area contributed by atoms with Gasteiger partial charge in [0.05, 0.1) is 7.11 Å². The Morgan fingerprint density at radius 3 is 2.33 bits per heavy atom. The smallest absolute Gasteiger partial charge is 0.341 e. The van der Waals surface area contributed by atoms with E-state index in [1.165, 1.54) is 28.1 Å². The molecule has 1 aliphatic carbocycles. The first-order chi connectivity index (χ1) is 6.87. The van der Waals surface area contributed by atoms with Crippen LogP contribution in [0, 0.1) is 0 Å². The lowest BCUT2D eigenvalue weighted by atomic mass is 9.97. The van der Waals surface area contributed by atoms with Gasteiger partial charge in [0.1, 0.15) is 11.2 Å². The molecule has 0 radical (unpaired) electrons. The molecule has 0 spiro atoms. The number of esters is 1. The molecule has 5 heteroatoms. The summed E-state index contributed by atoms with van der Waals surface area (Å²) in [6.07, 6.45) is -1.04. The van der Waals surface area contributed by atoms with E-state index >= 15 is 0 Å². The molecule has 0 unspecified atom stereocenters. The number of Topliss-reactive ketones (excluding diaryl/α,β-unsaturated/α-hetero) is 1. The zero-order valence-corrected chi connectivity index (χ0v) is 9.16. The molecule has 0 aromatic heterocycles. The summed E-state index contributed by atoms with van der Waals surface area (Å²) in [5.41, 5.74) is -1.28. The quantitative estimate of drug-likeness (QED) is 0.510. The standard InChI is InChI=1S/C10H14O5/c1-5-6(9(12)15-4)7(11)8(14-3)10(5,2)13/h8,13H,1-4H3/t8-,10+/m0/s1. The molecular weight excluding hydrogens is 200 g/mol. The summed E-state index contributed by atoms with van der Waals surface area (Å²) in [6, 6.07) is 0. The summed E-state index contributed by atoms with van der Waals surface area (Å²) < 4.78 is 9.36. The average molecular weight is 214 g/mol. The third kappa shape index (κ3) is 1.57. The normalized spacial score (nSPS) is 31.0. The molecule has 1 N–H and O–H groups in total. The van der Waals surface area contributed by atoms with Gasteiger partial charge in [0.25, 0.3) is 0 Å². The molecule has 0 amide bonds. The summed E-state index contributed by atoms with van der Waals surface area (Å²) in [5.74, 6) is -1.27. The van der Waals surface area contributed by atoms with E-state index in [-0.39, 0.29) is 11.1 Å². The molecule has 15 heavy (non-hydrogen) atoms. The van der Waals surface area contributed by atoms with E-state index in [1.807, 2.05) is 0 Å². The first-order valence-electron chi connectivity index (χ1n) is 4.47. The number of carbonyl (C=O) groups is 2. The highest BCUT2D eigenvalue weighted by Crippen LogP contribution is 2.35. The molecule has 0 aliphatic heterocycles. The fourth-order valence-corrected chi connectivity index (χ4v) is 1.71. The minimum atomic E-state index is -1.45. The van der Waals surface area contributed by atoms with Crippen LogP contribution in [-0.2, 0) is 19.1 Å². The van der Waals surface area contributed by atoms with Crippen molar-refractivity contribution in [2.75, 3.05) is 14.2 Å². The Bertz CT molecular complexity index is 340. The summed E-state index contributed by atoms with van der Waals surface area (Å²) >= 11 is 0. The number of hydrogen-bond donors (Lipinski definition) is 1. The van der Waals surface area contributed by atoms with Crippen LogP contribution in [0.4, 0.5) is 0 Å². The maximum absolute atomic E-state index is 11.7. The number of carbonyl (C=O) groups excluding carboxylic acids is 2. The van der Waals surface area contributed by atoms with E-state index in [2.05, 4.69) is 4.74 Å². The summed E-state index contributed by atoms with van der Waals surface area (Å²) in [7, 11) is 2.50. The van der Waals surface area contributed by atoms with E-state index < -0.39 is 23.5 Å². The Morgan fingerprint density at radius 1 is 1.47 bits per heavy atom. The van der Waals surface area contributed by atoms with Gasteiger partial charge in [-0.05, 0) is 19.4 Å². The van der Waals surface area contributed by atoms with Crippen LogP contribution in [0.1, 0.15) is 13.8 Å². The monoisotopic (exact) mass is 214 g/mol. The Hall–Kier alpha value is -1.20. The second-order valence-corrected chi connectivity index (χ2v) is 3.62. The molecule has 1 aliphatic rings. The summed E-state index contributed by atoms with van der Waals surface area (Å²) in [5, 5.41) is 10.00. The van der Waals surface area contributed by atoms with Gasteiger partial charge >= 0.3 is 5.97 Å². The highest BCUT2D eigenvalue weighted by atomic mass is 16.5. The number of rotatable bonds is 2. The summed E-state index contributed by atoms with van der Waals surface area (Å²) in [6.45, 7) is 2.95. The van der Waals surface area contributed by atoms with Gasteiger partial charge in [-0.25, -0.2) is 4.79 Å². The number of ether oxygens (including phenoxy) is 2. The van der Waals surface area contributed by atoms with Crippen molar-refractivity contribution in [3.8, 4) is 0 Å². The average Bonchev–Trinajstić information content (AvgIpc) is 2.33. The zero-order chi connectivity index (χ0) is 11.8. The SMILES string of the molecule is COC(=O)C1=C(C)[C@@](C)(O)[C@@H](OC)C1=O. The minimum absolute atomic E-state index is 0.116. The third-order valence-corrected chi connectivity index (χ3v) is 2.75. The molecule has 0 aromatic carbocycles. The van der Waals surface area contributed by atoms with Gasteiger partial charge in [-0.1, -0.05) is 0 Å². The Morgan fingerprint density at radius 2 is 2.00 bits per heavy atom. The van der Waals surface area contributed by atoms with Crippen molar-refractivity contribution < 1.29 is 24.2 Å². The van der Waals surface area contributed by atoms with Crippen molar-refractivity contribution in [3.05, 3.63) is 11.1 Å². The van der Waals surface area contributed by atoms with Gasteiger partial charge in [0.15, 0.2) is 6.10 Å². The third-order valence-electron chi connectivity index (χ3n) is 2.75. The lowest BCUT2D eigenvalue weighted by Gasteiger charge is -2.24. The van der Waals surface area contributed by atoms with Crippen molar-refractivity contribution in [1.82, 2.24) is 0 Å². The van der Waals surface area contributed by atoms with Crippen molar-refractivity contribution in [3.63, 3.8) is 0 Å². The van der Waals surface area contributed by atoms with Crippen LogP contribution in [-0.4, -0.2) is 42.8 Å². The largest absolute Gasteiger partial charge is 0.465 e. The molecule has 0 bridgehead atoms. The highest BCUT2D eigenvalue weighted by Gasteiger charge is 2.50. The van der Waals surface area contributed by atoms with Crippen molar-refractivity contribution in [2.24, 2.45) is 0 Å². The van der Waals surface area contributed by atoms with Crippen LogP contribution in [0.2, 0.25) is 0 Å². The maximum atomic E-state index is 11.7. The molecule has 0 saturated carbocycles. The molecule has 0 aromatic rings. The van der Waals surface area contributed by atoms with E-state index in [0.29, 0.717) is 0 Å². The molecule has 84 valence electrons. The van der Waals surface area contributed by atoms with E-state index in [1.54, 1.807) is 0 Å².